The molecule has 0 saturated heterocycles. The van der Waals surface area contributed by atoms with Crippen molar-refractivity contribution >= 4 is 23.2 Å². The molecule has 0 saturated carbocycles. The lowest BCUT2D eigenvalue weighted by molar-refractivity contribution is -0.119. The van der Waals surface area contributed by atoms with Gasteiger partial charge in [0.15, 0.2) is 0 Å². The van der Waals surface area contributed by atoms with Gasteiger partial charge in [0, 0.05) is 36.7 Å². The van der Waals surface area contributed by atoms with Gasteiger partial charge in [0.05, 0.1) is 0 Å². The van der Waals surface area contributed by atoms with E-state index in [1.54, 1.807) is 65.3 Å². The summed E-state index contributed by atoms with van der Waals surface area (Å²) in [6.07, 6.45) is 7.48. The number of hydrogen-bond acceptors (Lipinski definition) is 5. The molecule has 3 rings (SSSR count). The lowest BCUT2D eigenvalue weighted by Crippen LogP contribution is -2.24. The Kier molecular flexibility index (Phi) is 5.93. The molecule has 2 amide bonds. The van der Waals surface area contributed by atoms with Crippen molar-refractivity contribution < 1.29 is 9.59 Å². The predicted molar refractivity (Wildman–Crippen MR) is 99.9 cm³/mol. The van der Waals surface area contributed by atoms with Gasteiger partial charge in [-0.2, -0.15) is 10.2 Å². The second-order valence-electron chi connectivity index (χ2n) is 6.04. The van der Waals surface area contributed by atoms with E-state index in [1.807, 2.05) is 0 Å². The van der Waals surface area contributed by atoms with Crippen LogP contribution in [0.5, 0.6) is 0 Å². The first-order valence-corrected chi connectivity index (χ1v) is 8.64. The molecule has 1 atom stereocenters. The predicted octanol–water partition coefficient (Wildman–Crippen LogP) is 2.09. The van der Waals surface area contributed by atoms with E-state index in [0.29, 0.717) is 30.8 Å². The average Bonchev–Trinajstić information content (AvgIpc) is 3.35. The molecule has 0 radical (unpaired) electrons. The van der Waals surface area contributed by atoms with Crippen molar-refractivity contribution in [2.24, 2.45) is 0 Å². The summed E-state index contributed by atoms with van der Waals surface area (Å²) in [7, 11) is 0. The van der Waals surface area contributed by atoms with Gasteiger partial charge >= 0.3 is 0 Å². The number of hydrogen-bond donors (Lipinski definition) is 2. The van der Waals surface area contributed by atoms with Crippen LogP contribution in [0, 0.1) is 0 Å². The van der Waals surface area contributed by atoms with Crippen molar-refractivity contribution in [3.05, 3.63) is 55.4 Å². The van der Waals surface area contributed by atoms with E-state index in [4.69, 9.17) is 0 Å². The second kappa shape index (κ2) is 8.75. The molecule has 3 aromatic rings. The van der Waals surface area contributed by atoms with Crippen LogP contribution >= 0.6 is 0 Å². The van der Waals surface area contributed by atoms with Crippen LogP contribution in [0.25, 0.3) is 0 Å². The lowest BCUT2D eigenvalue weighted by Gasteiger charge is -2.13. The number of carbonyl (C=O) groups excluding carboxylic acids is 2. The third-order valence-electron chi connectivity index (χ3n) is 3.97. The van der Waals surface area contributed by atoms with E-state index in [2.05, 4.69) is 25.8 Å². The number of amides is 2. The Balaban J connectivity index is 1.50. The zero-order valence-electron chi connectivity index (χ0n) is 14.9. The van der Waals surface area contributed by atoms with E-state index >= 15 is 0 Å². The van der Waals surface area contributed by atoms with Crippen LogP contribution in [0.1, 0.15) is 25.8 Å². The molecule has 0 aliphatic carbocycles. The monoisotopic (exact) mass is 367 g/mol. The summed E-state index contributed by atoms with van der Waals surface area (Å²) in [5.74, 6) is -0.279. The number of aryl methyl sites for hydroxylation is 1. The number of carbonyl (C=O) groups is 2. The highest BCUT2D eigenvalue weighted by Gasteiger charge is 2.15. The maximum absolute atomic E-state index is 12.3. The second-order valence-corrected chi connectivity index (χ2v) is 6.04. The fourth-order valence-corrected chi connectivity index (χ4v) is 2.52. The Hall–Kier alpha value is -3.49. The Morgan fingerprint density at radius 3 is 2.67 bits per heavy atom. The minimum Gasteiger partial charge on any atom is -0.326 e. The number of nitrogens with one attached hydrogen (secondary N) is 2. The third-order valence-corrected chi connectivity index (χ3v) is 3.97. The Labute approximate surface area is 156 Å². The first-order valence-electron chi connectivity index (χ1n) is 8.64. The van der Waals surface area contributed by atoms with Crippen LogP contribution in [0.3, 0.4) is 0 Å². The normalized spacial score (nSPS) is 11.7. The van der Waals surface area contributed by atoms with Gasteiger partial charge in [-0.1, -0.05) is 6.07 Å². The molecule has 2 heterocycles. The highest BCUT2D eigenvalue weighted by molar-refractivity contribution is 5.95. The minimum absolute atomic E-state index is 0.0940. The number of anilines is 2. The Bertz CT molecular complexity index is 875. The van der Waals surface area contributed by atoms with Crippen LogP contribution in [-0.4, -0.2) is 36.4 Å². The number of nitrogens with zero attached hydrogens (tertiary/aromatic N) is 5. The van der Waals surface area contributed by atoms with Gasteiger partial charge in [-0.3, -0.25) is 19.0 Å². The first kappa shape index (κ1) is 18.3. The largest absolute Gasteiger partial charge is 0.326 e. The highest BCUT2D eigenvalue weighted by Crippen LogP contribution is 2.17. The first-order chi connectivity index (χ1) is 13.1. The molecule has 0 aliphatic heterocycles. The zero-order valence-corrected chi connectivity index (χ0v) is 14.9. The van der Waals surface area contributed by atoms with Crippen molar-refractivity contribution in [1.82, 2.24) is 24.5 Å². The number of aromatic nitrogens is 5. The Morgan fingerprint density at radius 1 is 1.15 bits per heavy atom. The molecular formula is C18H21N7O2. The van der Waals surface area contributed by atoms with E-state index in [-0.39, 0.29) is 11.8 Å². The molecule has 9 nitrogen and oxygen atoms in total. The molecule has 0 bridgehead atoms. The fraction of sp³-hybridized carbons (Fsp3) is 0.278. The fourth-order valence-electron chi connectivity index (χ4n) is 2.52. The minimum atomic E-state index is -0.435. The van der Waals surface area contributed by atoms with E-state index in [9.17, 15) is 9.59 Å². The smallest absolute Gasteiger partial charge is 0.248 e. The molecule has 1 aromatic carbocycles. The van der Waals surface area contributed by atoms with Crippen molar-refractivity contribution in [3.8, 4) is 0 Å². The van der Waals surface area contributed by atoms with Gasteiger partial charge in [0.2, 0.25) is 11.8 Å². The molecule has 0 spiro atoms. The maximum Gasteiger partial charge on any atom is 0.248 e. The summed E-state index contributed by atoms with van der Waals surface area (Å²) < 4.78 is 3.26. The Morgan fingerprint density at radius 2 is 1.96 bits per heavy atom. The molecule has 2 aromatic heterocycles. The summed E-state index contributed by atoms with van der Waals surface area (Å²) in [4.78, 5) is 28.3. The number of benzene rings is 1. The molecule has 27 heavy (non-hydrogen) atoms. The summed E-state index contributed by atoms with van der Waals surface area (Å²) in [5, 5.41) is 13.7. The molecule has 2 N–H and O–H groups in total. The zero-order chi connectivity index (χ0) is 19.1. The van der Waals surface area contributed by atoms with E-state index < -0.39 is 6.04 Å². The summed E-state index contributed by atoms with van der Waals surface area (Å²) in [5.41, 5.74) is 1.24. The van der Waals surface area contributed by atoms with Crippen LogP contribution in [0.2, 0.25) is 0 Å². The molecule has 9 heteroatoms. The molecule has 140 valence electrons. The molecule has 0 aliphatic rings. The van der Waals surface area contributed by atoms with Crippen molar-refractivity contribution in [2.45, 2.75) is 32.4 Å². The van der Waals surface area contributed by atoms with Crippen molar-refractivity contribution in [1.29, 1.82) is 0 Å². The topological polar surface area (TPSA) is 107 Å². The average molecular weight is 367 g/mol. The van der Waals surface area contributed by atoms with E-state index in [1.165, 1.54) is 6.33 Å². The standard InChI is InChI=1S/C18H21N7O2/c1-14(25-10-4-8-20-25)18(27)23-16-6-2-5-15(11-16)22-17(26)7-3-9-24-13-19-12-21-24/h2,4-6,8,10-14H,3,7,9H2,1H3,(H,22,26)(H,23,27). The lowest BCUT2D eigenvalue weighted by atomic mass is 10.2. The van der Waals surface area contributed by atoms with Crippen molar-refractivity contribution in [3.63, 3.8) is 0 Å². The maximum atomic E-state index is 12.3. The number of rotatable bonds is 8. The summed E-state index contributed by atoms with van der Waals surface area (Å²) in [6.45, 7) is 2.40. The van der Waals surface area contributed by atoms with Gasteiger partial charge in [-0.25, -0.2) is 4.98 Å². The van der Waals surface area contributed by atoms with Gasteiger partial charge in [0.25, 0.3) is 0 Å². The van der Waals surface area contributed by atoms with E-state index in [0.717, 1.165) is 0 Å². The third kappa shape index (κ3) is 5.24. The van der Waals surface area contributed by atoms with Gasteiger partial charge in [-0.05, 0) is 37.6 Å². The van der Waals surface area contributed by atoms with Gasteiger partial charge in [-0.15, -0.1) is 0 Å². The SMILES string of the molecule is CC(C(=O)Nc1cccc(NC(=O)CCCn2cncn2)c1)n1cccn1. The molecular weight excluding hydrogens is 346 g/mol. The van der Waals surface area contributed by atoms with Crippen LogP contribution in [-0.2, 0) is 16.1 Å². The van der Waals surface area contributed by atoms with Crippen LogP contribution in [0.4, 0.5) is 11.4 Å². The van der Waals surface area contributed by atoms with Gasteiger partial charge in [0.1, 0.15) is 18.7 Å². The summed E-state index contributed by atoms with van der Waals surface area (Å²) >= 11 is 0. The molecule has 0 fully saturated rings. The van der Waals surface area contributed by atoms with Gasteiger partial charge < -0.3 is 10.6 Å². The highest BCUT2D eigenvalue weighted by atomic mass is 16.2. The van der Waals surface area contributed by atoms with Crippen molar-refractivity contribution in [2.75, 3.05) is 10.6 Å². The summed E-state index contributed by atoms with van der Waals surface area (Å²) in [6, 6.07) is 8.39. The van der Waals surface area contributed by atoms with Crippen LogP contribution in [0.15, 0.2) is 55.4 Å². The quantitative estimate of drug-likeness (QED) is 0.634. The van der Waals surface area contributed by atoms with Crippen LogP contribution < -0.4 is 10.6 Å². The molecule has 1 unspecified atom stereocenters.